The minimum atomic E-state index is 0.0551. The molecule has 5 heteroatoms. The Labute approximate surface area is 95.3 Å². The van der Waals surface area contributed by atoms with E-state index in [-0.39, 0.29) is 5.91 Å². The van der Waals surface area contributed by atoms with E-state index >= 15 is 0 Å². The van der Waals surface area contributed by atoms with Crippen LogP contribution in [0.25, 0.3) is 0 Å². The van der Waals surface area contributed by atoms with E-state index in [9.17, 15) is 4.79 Å². The molecule has 0 aromatic carbocycles. The number of rotatable bonds is 4. The molecule has 1 heterocycles. The maximum atomic E-state index is 11.1. The molecule has 0 bridgehead atoms. The number of amides is 1. The van der Waals surface area contributed by atoms with Gasteiger partial charge in [-0.3, -0.25) is 4.79 Å². The first-order valence-corrected chi connectivity index (χ1v) is 6.13. The highest BCUT2D eigenvalue weighted by atomic mass is 79.9. The zero-order valence-corrected chi connectivity index (χ0v) is 10.2. The average Bonchev–Trinajstić information content (AvgIpc) is 2.49. The van der Waals surface area contributed by atoms with Crippen molar-refractivity contribution in [3.8, 4) is 0 Å². The molecule has 1 aromatic heterocycles. The van der Waals surface area contributed by atoms with Crippen molar-refractivity contribution < 1.29 is 4.79 Å². The van der Waals surface area contributed by atoms with Crippen LogP contribution in [0.3, 0.4) is 0 Å². The number of halogens is 1. The number of carbonyl (C=O) groups is 1. The third kappa shape index (κ3) is 4.15. The average molecular weight is 280 g/mol. The number of hydrogen-bond acceptors (Lipinski definition) is 3. The van der Waals surface area contributed by atoms with Gasteiger partial charge in [0.2, 0.25) is 5.91 Å². The molecule has 0 spiro atoms. The molecule has 0 aliphatic rings. The van der Waals surface area contributed by atoms with Gasteiger partial charge in [-0.05, 0) is 27.7 Å². The van der Waals surface area contributed by atoms with Gasteiger partial charge < -0.3 is 5.32 Å². The van der Waals surface area contributed by atoms with Crippen LogP contribution in [0, 0.1) is 0 Å². The van der Waals surface area contributed by atoms with Gasteiger partial charge in [-0.2, -0.15) is 12.6 Å². The fourth-order valence-electron chi connectivity index (χ4n) is 0.822. The van der Waals surface area contributed by atoms with Crippen LogP contribution in [0.4, 0.5) is 0 Å². The second-order valence-electron chi connectivity index (χ2n) is 2.48. The molecule has 72 valence electrons. The Balaban J connectivity index is 2.30. The van der Waals surface area contributed by atoms with Crippen LogP contribution in [0.1, 0.15) is 11.3 Å². The number of thiol groups is 1. The highest BCUT2D eigenvalue weighted by Gasteiger charge is 2.01. The summed E-state index contributed by atoms with van der Waals surface area (Å²) in [5.74, 6) is 0.652. The maximum Gasteiger partial charge on any atom is 0.221 e. The number of carbonyl (C=O) groups excluding carboxylic acids is 1. The van der Waals surface area contributed by atoms with E-state index in [4.69, 9.17) is 0 Å². The van der Waals surface area contributed by atoms with Gasteiger partial charge in [0.25, 0.3) is 0 Å². The summed E-state index contributed by atoms with van der Waals surface area (Å²) in [4.78, 5) is 12.2. The van der Waals surface area contributed by atoms with Crippen molar-refractivity contribution >= 4 is 45.8 Å². The first kappa shape index (κ1) is 11.1. The van der Waals surface area contributed by atoms with Crippen LogP contribution in [-0.2, 0) is 11.3 Å². The van der Waals surface area contributed by atoms with Gasteiger partial charge >= 0.3 is 0 Å². The summed E-state index contributed by atoms with van der Waals surface area (Å²) in [6.45, 7) is 0.614. The molecule has 0 atom stereocenters. The van der Waals surface area contributed by atoms with E-state index in [1.807, 2.05) is 11.4 Å². The van der Waals surface area contributed by atoms with Gasteiger partial charge in [0, 0.05) is 21.2 Å². The molecule has 2 nitrogen and oxygen atoms in total. The Morgan fingerprint density at radius 2 is 2.46 bits per heavy atom. The second-order valence-corrected chi connectivity index (χ2v) is 4.84. The van der Waals surface area contributed by atoms with Gasteiger partial charge in [0.05, 0.1) is 6.54 Å². The minimum absolute atomic E-state index is 0.0551. The predicted octanol–water partition coefficient (Wildman–Crippen LogP) is 2.45. The SMILES string of the molecule is O=C(CCS)NCc1cc(Br)cs1. The Morgan fingerprint density at radius 3 is 3.00 bits per heavy atom. The first-order chi connectivity index (χ1) is 6.22. The molecule has 1 amide bonds. The predicted molar refractivity (Wildman–Crippen MR) is 62.3 cm³/mol. The molecular formula is C8H10BrNOS2. The molecule has 0 fully saturated rings. The van der Waals surface area contributed by atoms with Crippen molar-refractivity contribution in [3.05, 3.63) is 20.8 Å². The Kier molecular flexibility index (Phi) is 4.83. The summed E-state index contributed by atoms with van der Waals surface area (Å²) in [7, 11) is 0. The standard InChI is InChI=1S/C8H10BrNOS2/c9-6-3-7(13-5-6)4-10-8(11)1-2-12/h3,5,12H,1-2,4H2,(H,10,11). The van der Waals surface area contributed by atoms with E-state index in [0.717, 1.165) is 9.35 Å². The summed E-state index contributed by atoms with van der Waals surface area (Å²) in [6.07, 6.45) is 0.482. The summed E-state index contributed by atoms with van der Waals surface area (Å²) in [6, 6.07) is 2.01. The highest BCUT2D eigenvalue weighted by molar-refractivity contribution is 9.10. The largest absolute Gasteiger partial charge is 0.351 e. The third-order valence-corrected chi connectivity index (χ3v) is 3.34. The zero-order valence-electron chi connectivity index (χ0n) is 6.92. The maximum absolute atomic E-state index is 11.1. The van der Waals surface area contributed by atoms with Crippen molar-refractivity contribution in [1.82, 2.24) is 5.32 Å². The fraction of sp³-hybridized carbons (Fsp3) is 0.375. The molecule has 0 saturated heterocycles. The first-order valence-electron chi connectivity index (χ1n) is 3.83. The zero-order chi connectivity index (χ0) is 9.68. The van der Waals surface area contributed by atoms with E-state index in [0.29, 0.717) is 18.7 Å². The molecule has 0 radical (unpaired) electrons. The number of hydrogen-bond donors (Lipinski definition) is 2. The van der Waals surface area contributed by atoms with Gasteiger partial charge in [0.15, 0.2) is 0 Å². The topological polar surface area (TPSA) is 29.1 Å². The monoisotopic (exact) mass is 279 g/mol. The minimum Gasteiger partial charge on any atom is -0.351 e. The lowest BCUT2D eigenvalue weighted by molar-refractivity contribution is -0.120. The molecule has 0 aliphatic carbocycles. The Morgan fingerprint density at radius 1 is 1.69 bits per heavy atom. The highest BCUT2D eigenvalue weighted by Crippen LogP contribution is 2.19. The van der Waals surface area contributed by atoms with Gasteiger partial charge in [-0.25, -0.2) is 0 Å². The van der Waals surface area contributed by atoms with Crippen LogP contribution in [0.5, 0.6) is 0 Å². The van der Waals surface area contributed by atoms with Crippen molar-refractivity contribution in [2.24, 2.45) is 0 Å². The molecule has 13 heavy (non-hydrogen) atoms. The number of thiophene rings is 1. The van der Waals surface area contributed by atoms with Crippen LogP contribution in [0.2, 0.25) is 0 Å². The lowest BCUT2D eigenvalue weighted by Gasteiger charge is -2.00. The molecule has 1 N–H and O–H groups in total. The van der Waals surface area contributed by atoms with E-state index in [1.165, 1.54) is 0 Å². The molecule has 0 aliphatic heterocycles. The van der Waals surface area contributed by atoms with Crippen molar-refractivity contribution in [1.29, 1.82) is 0 Å². The lowest BCUT2D eigenvalue weighted by Crippen LogP contribution is -2.22. The second kappa shape index (κ2) is 5.67. The van der Waals surface area contributed by atoms with Crippen molar-refractivity contribution in [2.45, 2.75) is 13.0 Å². The Hall–Kier alpha value is -0.0000000000000000833. The number of nitrogens with one attached hydrogen (secondary N) is 1. The summed E-state index contributed by atoms with van der Waals surface area (Å²) in [5.41, 5.74) is 0. The van der Waals surface area contributed by atoms with Crippen LogP contribution in [-0.4, -0.2) is 11.7 Å². The molecule has 0 unspecified atom stereocenters. The lowest BCUT2D eigenvalue weighted by atomic mass is 10.4. The van der Waals surface area contributed by atoms with Gasteiger partial charge in [-0.15, -0.1) is 11.3 Å². The van der Waals surface area contributed by atoms with Gasteiger partial charge in [0.1, 0.15) is 0 Å². The van der Waals surface area contributed by atoms with E-state index in [1.54, 1.807) is 11.3 Å². The van der Waals surface area contributed by atoms with Crippen LogP contribution in [0.15, 0.2) is 15.9 Å². The smallest absolute Gasteiger partial charge is 0.221 e. The summed E-state index contributed by atoms with van der Waals surface area (Å²) < 4.78 is 1.07. The summed E-state index contributed by atoms with van der Waals surface area (Å²) in [5, 5.41) is 4.82. The molecular weight excluding hydrogens is 270 g/mol. The quantitative estimate of drug-likeness (QED) is 0.815. The third-order valence-electron chi connectivity index (χ3n) is 1.42. The van der Waals surface area contributed by atoms with Crippen LogP contribution >= 0.6 is 39.9 Å². The molecule has 0 saturated carbocycles. The van der Waals surface area contributed by atoms with Gasteiger partial charge in [-0.1, -0.05) is 0 Å². The Bertz CT molecular complexity index is 287. The van der Waals surface area contributed by atoms with Crippen LogP contribution < -0.4 is 5.32 Å². The summed E-state index contributed by atoms with van der Waals surface area (Å²) >= 11 is 8.96. The molecule has 1 rings (SSSR count). The van der Waals surface area contributed by atoms with Crippen molar-refractivity contribution in [3.63, 3.8) is 0 Å². The van der Waals surface area contributed by atoms with E-state index < -0.39 is 0 Å². The fourth-order valence-corrected chi connectivity index (χ4v) is 2.42. The normalized spacial score (nSPS) is 10.0. The van der Waals surface area contributed by atoms with Crippen molar-refractivity contribution in [2.75, 3.05) is 5.75 Å². The molecule has 1 aromatic rings. The van der Waals surface area contributed by atoms with E-state index in [2.05, 4.69) is 33.9 Å².